The monoisotopic (exact) mass is 293 g/mol. The van der Waals surface area contributed by atoms with Crippen molar-refractivity contribution in [3.8, 4) is 0 Å². The first-order chi connectivity index (χ1) is 8.76. The van der Waals surface area contributed by atoms with Gasteiger partial charge in [0.1, 0.15) is 0 Å². The van der Waals surface area contributed by atoms with E-state index < -0.39 is 34.9 Å². The van der Waals surface area contributed by atoms with Crippen molar-refractivity contribution in [2.75, 3.05) is 11.1 Å². The third-order valence-electron chi connectivity index (χ3n) is 1.96. The standard InChI is InChI=1S/C11H10F3NO3S/c12-11(13,14)19-6-9(16)15-8-3-1-7(2-4-8)5-10(17)18/h1-4H,5-6H2,(H,15,16)(H,17,18). The molecule has 0 aromatic heterocycles. The number of anilines is 1. The van der Waals surface area contributed by atoms with Gasteiger partial charge in [-0.25, -0.2) is 0 Å². The molecule has 0 fully saturated rings. The number of aliphatic carboxylic acids is 1. The average molecular weight is 293 g/mol. The molecule has 1 rings (SSSR count). The molecule has 8 heteroatoms. The summed E-state index contributed by atoms with van der Waals surface area (Å²) in [5.74, 6) is -2.48. The van der Waals surface area contributed by atoms with E-state index in [-0.39, 0.29) is 6.42 Å². The lowest BCUT2D eigenvalue weighted by Crippen LogP contribution is -2.17. The predicted molar refractivity (Wildman–Crippen MR) is 64.9 cm³/mol. The minimum Gasteiger partial charge on any atom is -0.481 e. The van der Waals surface area contributed by atoms with Gasteiger partial charge in [0.25, 0.3) is 0 Å². The van der Waals surface area contributed by atoms with Gasteiger partial charge in [-0.1, -0.05) is 12.1 Å². The first-order valence-electron chi connectivity index (χ1n) is 5.07. The first-order valence-corrected chi connectivity index (χ1v) is 6.06. The number of carboxylic acids is 1. The van der Waals surface area contributed by atoms with E-state index in [2.05, 4.69) is 5.32 Å². The topological polar surface area (TPSA) is 66.4 Å². The number of halogens is 3. The summed E-state index contributed by atoms with van der Waals surface area (Å²) >= 11 is -0.417. The lowest BCUT2D eigenvalue weighted by molar-refractivity contribution is -0.136. The third kappa shape index (κ3) is 6.70. The van der Waals surface area contributed by atoms with Crippen LogP contribution in [0.15, 0.2) is 24.3 Å². The van der Waals surface area contributed by atoms with Gasteiger partial charge in [0.05, 0.1) is 12.2 Å². The van der Waals surface area contributed by atoms with Gasteiger partial charge in [-0.05, 0) is 29.5 Å². The van der Waals surface area contributed by atoms with Crippen LogP contribution in [0.2, 0.25) is 0 Å². The molecular weight excluding hydrogens is 283 g/mol. The van der Waals surface area contributed by atoms with Crippen molar-refractivity contribution < 1.29 is 27.9 Å². The van der Waals surface area contributed by atoms with E-state index in [1.807, 2.05) is 0 Å². The van der Waals surface area contributed by atoms with Gasteiger partial charge in [0.15, 0.2) is 0 Å². The summed E-state index contributed by atoms with van der Waals surface area (Å²) in [4.78, 5) is 21.6. The Morgan fingerprint density at radius 1 is 1.21 bits per heavy atom. The number of nitrogens with one attached hydrogen (secondary N) is 1. The Hall–Kier alpha value is -1.70. The molecule has 0 heterocycles. The van der Waals surface area contributed by atoms with Crippen LogP contribution in [0.1, 0.15) is 5.56 Å². The van der Waals surface area contributed by atoms with Crippen molar-refractivity contribution in [1.29, 1.82) is 0 Å². The maximum absolute atomic E-state index is 11.9. The lowest BCUT2D eigenvalue weighted by Gasteiger charge is -2.07. The van der Waals surface area contributed by atoms with Gasteiger partial charge < -0.3 is 10.4 Å². The summed E-state index contributed by atoms with van der Waals surface area (Å²) in [5.41, 5.74) is -3.58. The van der Waals surface area contributed by atoms with Crippen LogP contribution in [0, 0.1) is 0 Å². The van der Waals surface area contributed by atoms with Crippen LogP contribution in [-0.4, -0.2) is 28.2 Å². The zero-order valence-electron chi connectivity index (χ0n) is 9.53. The molecule has 19 heavy (non-hydrogen) atoms. The van der Waals surface area contributed by atoms with Crippen LogP contribution in [0.25, 0.3) is 0 Å². The van der Waals surface area contributed by atoms with Crippen molar-refractivity contribution in [2.45, 2.75) is 11.9 Å². The number of alkyl halides is 3. The maximum atomic E-state index is 11.9. The zero-order chi connectivity index (χ0) is 14.5. The van der Waals surface area contributed by atoms with Crippen LogP contribution in [0.5, 0.6) is 0 Å². The summed E-state index contributed by atoms with van der Waals surface area (Å²) in [6.45, 7) is 0. The highest BCUT2D eigenvalue weighted by atomic mass is 32.2. The Kier molecular flexibility index (Phi) is 5.22. The average Bonchev–Trinajstić information content (AvgIpc) is 2.28. The fourth-order valence-corrected chi connectivity index (χ4v) is 1.59. The number of benzene rings is 1. The SMILES string of the molecule is O=C(O)Cc1ccc(NC(=O)CSC(F)(F)F)cc1. The molecule has 4 nitrogen and oxygen atoms in total. The Bertz CT molecular complexity index is 459. The van der Waals surface area contributed by atoms with Crippen LogP contribution in [-0.2, 0) is 16.0 Å². The molecule has 0 saturated heterocycles. The molecule has 0 aliphatic heterocycles. The molecule has 0 aliphatic rings. The second-order valence-corrected chi connectivity index (χ2v) is 4.59. The molecule has 0 unspecified atom stereocenters. The smallest absolute Gasteiger partial charge is 0.442 e. The summed E-state index contributed by atoms with van der Waals surface area (Å²) in [6.07, 6.45) is -0.155. The third-order valence-corrected chi connectivity index (χ3v) is 2.69. The molecular formula is C11H10F3NO3S. The van der Waals surface area contributed by atoms with E-state index >= 15 is 0 Å². The van der Waals surface area contributed by atoms with Gasteiger partial charge in [0, 0.05) is 5.69 Å². The molecule has 0 saturated carbocycles. The largest absolute Gasteiger partial charge is 0.481 e. The molecule has 0 radical (unpaired) electrons. The quantitative estimate of drug-likeness (QED) is 0.875. The molecule has 0 spiro atoms. The molecule has 0 atom stereocenters. The van der Waals surface area contributed by atoms with E-state index in [9.17, 15) is 22.8 Å². The molecule has 104 valence electrons. The van der Waals surface area contributed by atoms with Gasteiger partial charge in [0.2, 0.25) is 5.91 Å². The Balaban J connectivity index is 2.49. The van der Waals surface area contributed by atoms with Crippen molar-refractivity contribution in [2.24, 2.45) is 0 Å². The summed E-state index contributed by atoms with van der Waals surface area (Å²) < 4.78 is 35.6. The Morgan fingerprint density at radius 2 is 1.79 bits per heavy atom. The van der Waals surface area contributed by atoms with E-state index in [1.165, 1.54) is 24.3 Å². The summed E-state index contributed by atoms with van der Waals surface area (Å²) in [7, 11) is 0. The zero-order valence-corrected chi connectivity index (χ0v) is 10.3. The minimum absolute atomic E-state index is 0.155. The number of amides is 1. The predicted octanol–water partition coefficient (Wildman–Crippen LogP) is 2.51. The highest BCUT2D eigenvalue weighted by Gasteiger charge is 2.29. The number of carbonyl (C=O) groups is 2. The number of rotatable bonds is 5. The highest BCUT2D eigenvalue weighted by Crippen LogP contribution is 2.29. The normalized spacial score (nSPS) is 11.1. The minimum atomic E-state index is -4.44. The molecule has 2 N–H and O–H groups in total. The van der Waals surface area contributed by atoms with E-state index in [0.717, 1.165) is 0 Å². The van der Waals surface area contributed by atoms with E-state index in [4.69, 9.17) is 5.11 Å². The first kappa shape index (κ1) is 15.4. The number of carboxylic acid groups (broad SMARTS) is 1. The number of hydrogen-bond donors (Lipinski definition) is 2. The van der Waals surface area contributed by atoms with Crippen LogP contribution >= 0.6 is 11.8 Å². The number of thioether (sulfide) groups is 1. The van der Waals surface area contributed by atoms with E-state index in [1.54, 1.807) is 0 Å². The summed E-state index contributed by atoms with van der Waals surface area (Å²) in [6, 6.07) is 5.85. The van der Waals surface area contributed by atoms with Crippen LogP contribution < -0.4 is 5.32 Å². The highest BCUT2D eigenvalue weighted by molar-refractivity contribution is 8.00. The van der Waals surface area contributed by atoms with Crippen LogP contribution in [0.4, 0.5) is 18.9 Å². The second kappa shape index (κ2) is 6.46. The van der Waals surface area contributed by atoms with Crippen molar-refractivity contribution >= 4 is 29.3 Å². The van der Waals surface area contributed by atoms with Crippen molar-refractivity contribution in [3.05, 3.63) is 29.8 Å². The van der Waals surface area contributed by atoms with Crippen LogP contribution in [0.3, 0.4) is 0 Å². The number of carbonyl (C=O) groups excluding carboxylic acids is 1. The molecule has 1 aromatic carbocycles. The fraction of sp³-hybridized carbons (Fsp3) is 0.273. The fourth-order valence-electron chi connectivity index (χ4n) is 1.23. The van der Waals surface area contributed by atoms with Gasteiger partial charge in [-0.2, -0.15) is 13.2 Å². The second-order valence-electron chi connectivity index (χ2n) is 3.55. The Labute approximate surface area is 111 Å². The van der Waals surface area contributed by atoms with Crippen molar-refractivity contribution in [1.82, 2.24) is 0 Å². The molecule has 1 aromatic rings. The van der Waals surface area contributed by atoms with E-state index in [0.29, 0.717) is 11.3 Å². The maximum Gasteiger partial charge on any atom is 0.442 e. The van der Waals surface area contributed by atoms with Crippen molar-refractivity contribution in [3.63, 3.8) is 0 Å². The Morgan fingerprint density at radius 3 is 2.26 bits per heavy atom. The molecule has 1 amide bonds. The molecule has 0 aliphatic carbocycles. The van der Waals surface area contributed by atoms with Gasteiger partial charge in [-0.15, -0.1) is 0 Å². The number of hydrogen-bond acceptors (Lipinski definition) is 3. The van der Waals surface area contributed by atoms with Gasteiger partial charge >= 0.3 is 11.5 Å². The lowest BCUT2D eigenvalue weighted by atomic mass is 10.1. The van der Waals surface area contributed by atoms with Gasteiger partial charge in [-0.3, -0.25) is 9.59 Å². The summed E-state index contributed by atoms with van der Waals surface area (Å²) in [5, 5.41) is 10.8. The molecule has 0 bridgehead atoms.